The number of aromatic nitrogens is 2. The lowest BCUT2D eigenvalue weighted by atomic mass is 9.95. The van der Waals surface area contributed by atoms with E-state index in [1.807, 2.05) is 16.7 Å². The predicted molar refractivity (Wildman–Crippen MR) is 131 cm³/mol. The van der Waals surface area contributed by atoms with Gasteiger partial charge in [0.1, 0.15) is 5.69 Å². The van der Waals surface area contributed by atoms with Crippen molar-refractivity contribution in [2.45, 2.75) is 57.1 Å². The molecule has 10 heteroatoms. The van der Waals surface area contributed by atoms with Crippen LogP contribution in [0.2, 0.25) is 5.02 Å². The lowest BCUT2D eigenvalue weighted by Crippen LogP contribution is -2.49. The first-order valence-corrected chi connectivity index (χ1v) is 12.9. The minimum Gasteiger partial charge on any atom is -0.362 e. The monoisotopic (exact) mass is 491 g/mol. The second-order valence-electron chi connectivity index (χ2n) is 8.77. The summed E-state index contributed by atoms with van der Waals surface area (Å²) in [6.45, 7) is 6.33. The van der Waals surface area contributed by atoms with Crippen LogP contribution in [0.5, 0.6) is 0 Å². The number of nitro groups is 1. The Labute approximate surface area is 203 Å². The van der Waals surface area contributed by atoms with Gasteiger partial charge in [-0.2, -0.15) is 0 Å². The molecule has 0 radical (unpaired) electrons. The predicted octanol–water partition coefficient (Wildman–Crippen LogP) is 5.01. The molecule has 0 spiro atoms. The summed E-state index contributed by atoms with van der Waals surface area (Å²) in [5, 5.41) is 12.7. The second-order valence-corrected chi connectivity index (χ2v) is 10.2. The maximum absolute atomic E-state index is 12.9. The lowest BCUT2D eigenvalue weighted by molar-refractivity contribution is -0.384. The molecule has 1 aliphatic heterocycles. The number of amides is 1. The Morgan fingerprint density at radius 1 is 1.18 bits per heavy atom. The standard InChI is InChI=1S/C23H30ClN5O3S/c1-16-17(2)28(19-6-4-3-5-7-19)23(25-16)33-15-22(30)27-12-10-26(11-13-27)20-9-8-18(24)14-21(20)29(31)32/h8-9,14,19H,3-7,10-13,15H2,1-2H3. The minimum atomic E-state index is -0.409. The highest BCUT2D eigenvalue weighted by Crippen LogP contribution is 2.35. The first-order chi connectivity index (χ1) is 15.8. The molecule has 0 N–H and O–H groups in total. The number of halogens is 1. The highest BCUT2D eigenvalue weighted by Gasteiger charge is 2.27. The second kappa shape index (κ2) is 10.3. The van der Waals surface area contributed by atoms with Gasteiger partial charge in [-0.25, -0.2) is 4.98 Å². The SMILES string of the molecule is Cc1nc(SCC(=O)N2CCN(c3ccc(Cl)cc3[N+](=O)[O-])CC2)n(C2CCCCC2)c1C. The average Bonchev–Trinajstić information content (AvgIpc) is 3.11. The number of imidazole rings is 1. The van der Waals surface area contributed by atoms with Crippen LogP contribution < -0.4 is 4.90 Å². The van der Waals surface area contributed by atoms with Crippen molar-refractivity contribution in [1.29, 1.82) is 0 Å². The van der Waals surface area contributed by atoms with Crippen LogP contribution in [-0.2, 0) is 4.79 Å². The van der Waals surface area contributed by atoms with Gasteiger partial charge in [0.2, 0.25) is 5.91 Å². The van der Waals surface area contributed by atoms with E-state index >= 15 is 0 Å². The van der Waals surface area contributed by atoms with Crippen molar-refractivity contribution in [3.8, 4) is 0 Å². The Bertz CT molecular complexity index is 1030. The van der Waals surface area contributed by atoms with E-state index in [-0.39, 0.29) is 11.6 Å². The van der Waals surface area contributed by atoms with Gasteiger partial charge in [0, 0.05) is 49.0 Å². The number of hydrogen-bond acceptors (Lipinski definition) is 6. The van der Waals surface area contributed by atoms with Crippen molar-refractivity contribution in [1.82, 2.24) is 14.5 Å². The number of thioether (sulfide) groups is 1. The largest absolute Gasteiger partial charge is 0.362 e. The molecule has 2 fully saturated rings. The normalized spacial score (nSPS) is 17.4. The zero-order valence-electron chi connectivity index (χ0n) is 19.1. The third-order valence-electron chi connectivity index (χ3n) is 6.73. The number of nitro benzene ring substituents is 1. The number of carbonyl (C=O) groups is 1. The molecule has 2 heterocycles. The van der Waals surface area contributed by atoms with Gasteiger partial charge in [0.15, 0.2) is 5.16 Å². The summed E-state index contributed by atoms with van der Waals surface area (Å²) in [7, 11) is 0. The van der Waals surface area contributed by atoms with E-state index in [0.29, 0.717) is 48.7 Å². The van der Waals surface area contributed by atoms with Crippen molar-refractivity contribution in [2.75, 3.05) is 36.8 Å². The smallest absolute Gasteiger partial charge is 0.294 e. The third-order valence-corrected chi connectivity index (χ3v) is 7.90. The topological polar surface area (TPSA) is 84.5 Å². The quantitative estimate of drug-likeness (QED) is 0.321. The summed E-state index contributed by atoms with van der Waals surface area (Å²) in [4.78, 5) is 32.5. The number of aryl methyl sites for hydroxylation is 1. The maximum Gasteiger partial charge on any atom is 0.294 e. The van der Waals surface area contributed by atoms with Crippen LogP contribution in [0.3, 0.4) is 0 Å². The summed E-state index contributed by atoms with van der Waals surface area (Å²) in [6, 6.07) is 5.21. The van der Waals surface area contributed by atoms with Gasteiger partial charge in [-0.15, -0.1) is 0 Å². The van der Waals surface area contributed by atoms with Gasteiger partial charge in [-0.3, -0.25) is 14.9 Å². The zero-order valence-corrected chi connectivity index (χ0v) is 20.7. The van der Waals surface area contributed by atoms with E-state index in [2.05, 4.69) is 11.5 Å². The highest BCUT2D eigenvalue weighted by atomic mass is 35.5. The summed E-state index contributed by atoms with van der Waals surface area (Å²) in [5.41, 5.74) is 2.79. The van der Waals surface area contributed by atoms with E-state index in [1.54, 1.807) is 12.1 Å². The maximum atomic E-state index is 12.9. The van der Waals surface area contributed by atoms with E-state index in [4.69, 9.17) is 16.6 Å². The van der Waals surface area contributed by atoms with Crippen molar-refractivity contribution < 1.29 is 9.72 Å². The molecule has 33 heavy (non-hydrogen) atoms. The molecule has 0 unspecified atom stereocenters. The molecule has 4 rings (SSSR count). The number of carbonyl (C=O) groups excluding carboxylic acids is 1. The Kier molecular flexibility index (Phi) is 7.48. The third kappa shape index (κ3) is 5.30. The Morgan fingerprint density at radius 3 is 2.55 bits per heavy atom. The number of benzene rings is 1. The number of piperazine rings is 1. The Morgan fingerprint density at radius 2 is 1.88 bits per heavy atom. The molecule has 0 atom stereocenters. The van der Waals surface area contributed by atoms with E-state index in [9.17, 15) is 14.9 Å². The zero-order chi connectivity index (χ0) is 23.5. The van der Waals surface area contributed by atoms with Gasteiger partial charge < -0.3 is 14.4 Å². The molecule has 1 aromatic carbocycles. The first kappa shape index (κ1) is 23.9. The highest BCUT2D eigenvalue weighted by molar-refractivity contribution is 7.99. The van der Waals surface area contributed by atoms with E-state index in [0.717, 1.165) is 10.9 Å². The summed E-state index contributed by atoms with van der Waals surface area (Å²) < 4.78 is 2.35. The lowest BCUT2D eigenvalue weighted by Gasteiger charge is -2.35. The van der Waals surface area contributed by atoms with Crippen LogP contribution >= 0.6 is 23.4 Å². The van der Waals surface area contributed by atoms with E-state index < -0.39 is 4.92 Å². The number of nitrogens with zero attached hydrogens (tertiary/aromatic N) is 5. The Hall–Kier alpha value is -2.26. The van der Waals surface area contributed by atoms with Crippen molar-refractivity contribution in [3.63, 3.8) is 0 Å². The summed E-state index contributed by atoms with van der Waals surface area (Å²) in [6.07, 6.45) is 6.16. The van der Waals surface area contributed by atoms with Crippen LogP contribution in [0, 0.1) is 24.0 Å². The molecular formula is C23H30ClN5O3S. The van der Waals surface area contributed by atoms with Crippen LogP contribution in [-0.4, -0.2) is 57.2 Å². The molecule has 2 aliphatic rings. The number of anilines is 1. The molecule has 0 bridgehead atoms. The molecule has 178 valence electrons. The van der Waals surface area contributed by atoms with Crippen molar-refractivity contribution in [3.05, 3.63) is 44.7 Å². The Balaban J connectivity index is 1.36. The van der Waals surface area contributed by atoms with Crippen molar-refractivity contribution >= 4 is 40.6 Å². The molecule has 8 nitrogen and oxygen atoms in total. The number of hydrogen-bond donors (Lipinski definition) is 0. The van der Waals surface area contributed by atoms with Gasteiger partial charge in [0.05, 0.1) is 16.4 Å². The molecule has 1 aliphatic carbocycles. The first-order valence-electron chi connectivity index (χ1n) is 11.5. The van der Waals surface area contributed by atoms with Gasteiger partial charge in [0.25, 0.3) is 5.69 Å². The van der Waals surface area contributed by atoms with Crippen molar-refractivity contribution in [2.24, 2.45) is 0 Å². The van der Waals surface area contributed by atoms with Crippen LogP contribution in [0.25, 0.3) is 0 Å². The number of rotatable bonds is 6. The molecular weight excluding hydrogens is 462 g/mol. The molecule has 1 saturated heterocycles. The summed E-state index contributed by atoms with van der Waals surface area (Å²) >= 11 is 7.46. The van der Waals surface area contributed by atoms with Gasteiger partial charge >= 0.3 is 0 Å². The molecule has 1 amide bonds. The molecule has 2 aromatic rings. The van der Waals surface area contributed by atoms with Gasteiger partial charge in [-0.05, 0) is 38.8 Å². The van der Waals surface area contributed by atoms with E-state index in [1.165, 1.54) is 55.6 Å². The molecule has 1 aromatic heterocycles. The minimum absolute atomic E-state index is 0.00174. The van der Waals surface area contributed by atoms with Crippen LogP contribution in [0.4, 0.5) is 11.4 Å². The molecule has 1 saturated carbocycles. The van der Waals surface area contributed by atoms with Crippen LogP contribution in [0.1, 0.15) is 49.5 Å². The fraction of sp³-hybridized carbons (Fsp3) is 0.565. The van der Waals surface area contributed by atoms with Gasteiger partial charge in [-0.1, -0.05) is 42.6 Å². The fourth-order valence-electron chi connectivity index (χ4n) is 4.79. The van der Waals surface area contributed by atoms with Crippen LogP contribution in [0.15, 0.2) is 23.4 Å². The average molecular weight is 492 g/mol. The summed E-state index contributed by atoms with van der Waals surface area (Å²) in [5.74, 6) is 0.433. The fourth-order valence-corrected chi connectivity index (χ4v) is 6.02.